The van der Waals surface area contributed by atoms with Crippen LogP contribution in [0.3, 0.4) is 0 Å². The fraction of sp³-hybridized carbons (Fsp3) is 0.533. The third kappa shape index (κ3) is 4.47. The fourth-order valence-electron chi connectivity index (χ4n) is 2.10. The number of pyridine rings is 1. The summed E-state index contributed by atoms with van der Waals surface area (Å²) < 4.78 is 1.74. The van der Waals surface area contributed by atoms with Gasteiger partial charge in [-0.25, -0.2) is 9.67 Å². The molecule has 2 aromatic heterocycles. The SMILES string of the molecule is CCCCCCCCc1cn(-c2ccccn2)nn1. The molecule has 0 saturated carbocycles. The first-order chi connectivity index (χ1) is 9.40. The van der Waals surface area contributed by atoms with Crippen molar-refractivity contribution in [1.29, 1.82) is 0 Å². The monoisotopic (exact) mass is 258 g/mol. The molecule has 4 heteroatoms. The van der Waals surface area contributed by atoms with Crippen LogP contribution in [0.4, 0.5) is 0 Å². The van der Waals surface area contributed by atoms with Crippen LogP contribution in [0.1, 0.15) is 51.1 Å². The fourth-order valence-corrected chi connectivity index (χ4v) is 2.10. The van der Waals surface area contributed by atoms with Gasteiger partial charge in [-0.2, -0.15) is 0 Å². The van der Waals surface area contributed by atoms with Gasteiger partial charge in [-0.05, 0) is 25.0 Å². The third-order valence-electron chi connectivity index (χ3n) is 3.21. The number of nitrogens with zero attached hydrogens (tertiary/aromatic N) is 4. The van der Waals surface area contributed by atoms with E-state index in [1.807, 2.05) is 24.4 Å². The molecule has 0 spiro atoms. The lowest BCUT2D eigenvalue weighted by Crippen LogP contribution is -1.96. The smallest absolute Gasteiger partial charge is 0.155 e. The highest BCUT2D eigenvalue weighted by molar-refractivity contribution is 5.19. The van der Waals surface area contributed by atoms with Crippen LogP contribution in [0.5, 0.6) is 0 Å². The summed E-state index contributed by atoms with van der Waals surface area (Å²) in [6.45, 7) is 2.25. The van der Waals surface area contributed by atoms with Gasteiger partial charge < -0.3 is 0 Å². The van der Waals surface area contributed by atoms with Crippen molar-refractivity contribution in [1.82, 2.24) is 20.0 Å². The maximum atomic E-state index is 4.25. The van der Waals surface area contributed by atoms with Crippen molar-refractivity contribution in [3.8, 4) is 5.82 Å². The molecule has 0 saturated heterocycles. The van der Waals surface area contributed by atoms with Crippen molar-refractivity contribution in [2.24, 2.45) is 0 Å². The van der Waals surface area contributed by atoms with Crippen LogP contribution in [0.2, 0.25) is 0 Å². The van der Waals surface area contributed by atoms with Gasteiger partial charge in [0.15, 0.2) is 5.82 Å². The summed E-state index contributed by atoms with van der Waals surface area (Å²) in [6, 6.07) is 5.79. The zero-order valence-corrected chi connectivity index (χ0v) is 11.6. The number of unbranched alkanes of at least 4 members (excludes halogenated alkanes) is 5. The molecular formula is C15H22N4. The molecule has 0 bridgehead atoms. The van der Waals surface area contributed by atoms with Crippen LogP contribution in [0, 0.1) is 0 Å². The van der Waals surface area contributed by atoms with Crippen LogP contribution in [-0.4, -0.2) is 20.0 Å². The van der Waals surface area contributed by atoms with Crippen molar-refractivity contribution < 1.29 is 0 Å². The van der Waals surface area contributed by atoms with Crippen molar-refractivity contribution in [3.63, 3.8) is 0 Å². The summed E-state index contributed by atoms with van der Waals surface area (Å²) in [7, 11) is 0. The van der Waals surface area contributed by atoms with Gasteiger partial charge >= 0.3 is 0 Å². The van der Waals surface area contributed by atoms with Gasteiger partial charge in [-0.1, -0.05) is 50.3 Å². The molecule has 0 atom stereocenters. The first-order valence-electron chi connectivity index (χ1n) is 7.23. The number of hydrogen-bond donors (Lipinski definition) is 0. The predicted molar refractivity (Wildman–Crippen MR) is 76.2 cm³/mol. The zero-order chi connectivity index (χ0) is 13.3. The van der Waals surface area contributed by atoms with Gasteiger partial charge in [0.2, 0.25) is 0 Å². The Bertz CT molecular complexity index is 464. The molecule has 0 aliphatic rings. The minimum absolute atomic E-state index is 0.823. The van der Waals surface area contributed by atoms with Crippen molar-refractivity contribution in [2.75, 3.05) is 0 Å². The Balaban J connectivity index is 1.75. The summed E-state index contributed by atoms with van der Waals surface area (Å²) in [6.07, 6.45) is 12.6. The number of hydrogen-bond acceptors (Lipinski definition) is 3. The molecule has 2 heterocycles. The lowest BCUT2D eigenvalue weighted by Gasteiger charge is -1.98. The minimum Gasteiger partial charge on any atom is -0.237 e. The number of aromatic nitrogens is 4. The highest BCUT2D eigenvalue weighted by Crippen LogP contribution is 2.09. The van der Waals surface area contributed by atoms with Gasteiger partial charge in [0.25, 0.3) is 0 Å². The summed E-state index contributed by atoms with van der Waals surface area (Å²) in [5.74, 6) is 0.823. The highest BCUT2D eigenvalue weighted by Gasteiger charge is 2.02. The average molecular weight is 258 g/mol. The van der Waals surface area contributed by atoms with E-state index in [1.54, 1.807) is 10.9 Å². The molecule has 0 aliphatic carbocycles. The van der Waals surface area contributed by atoms with Crippen LogP contribution >= 0.6 is 0 Å². The second kappa shape index (κ2) is 7.67. The minimum atomic E-state index is 0.823. The Morgan fingerprint density at radius 1 is 1.05 bits per heavy atom. The molecule has 0 unspecified atom stereocenters. The van der Waals surface area contributed by atoms with E-state index >= 15 is 0 Å². The quantitative estimate of drug-likeness (QED) is 0.680. The topological polar surface area (TPSA) is 43.6 Å². The Hall–Kier alpha value is -1.71. The van der Waals surface area contributed by atoms with Crippen LogP contribution in [0.15, 0.2) is 30.6 Å². The van der Waals surface area contributed by atoms with E-state index in [0.717, 1.165) is 17.9 Å². The summed E-state index contributed by atoms with van der Waals surface area (Å²) >= 11 is 0. The van der Waals surface area contributed by atoms with Crippen molar-refractivity contribution >= 4 is 0 Å². The Kier molecular flexibility index (Phi) is 5.53. The van der Waals surface area contributed by atoms with Crippen LogP contribution < -0.4 is 0 Å². The first-order valence-corrected chi connectivity index (χ1v) is 7.23. The van der Waals surface area contributed by atoms with E-state index in [-0.39, 0.29) is 0 Å². The molecule has 0 N–H and O–H groups in total. The van der Waals surface area contributed by atoms with Crippen LogP contribution in [0.25, 0.3) is 5.82 Å². The highest BCUT2D eigenvalue weighted by atomic mass is 15.4. The molecule has 2 aromatic rings. The van der Waals surface area contributed by atoms with Gasteiger partial charge in [-0.3, -0.25) is 0 Å². The molecule has 102 valence electrons. The van der Waals surface area contributed by atoms with Gasteiger partial charge in [0.05, 0.1) is 11.9 Å². The molecule has 0 aromatic carbocycles. The molecule has 2 rings (SSSR count). The van der Waals surface area contributed by atoms with E-state index in [9.17, 15) is 0 Å². The summed E-state index contributed by atoms with van der Waals surface area (Å²) in [5.41, 5.74) is 1.06. The molecule has 0 radical (unpaired) electrons. The second-order valence-electron chi connectivity index (χ2n) is 4.86. The van der Waals surface area contributed by atoms with E-state index in [0.29, 0.717) is 0 Å². The molecule has 0 fully saturated rings. The average Bonchev–Trinajstić information content (AvgIpc) is 2.92. The summed E-state index contributed by atoms with van der Waals surface area (Å²) in [5, 5.41) is 8.32. The number of aryl methyl sites for hydroxylation is 1. The van der Waals surface area contributed by atoms with Crippen molar-refractivity contribution in [3.05, 3.63) is 36.3 Å². The Morgan fingerprint density at radius 3 is 2.68 bits per heavy atom. The zero-order valence-electron chi connectivity index (χ0n) is 11.6. The third-order valence-corrected chi connectivity index (χ3v) is 3.21. The maximum Gasteiger partial charge on any atom is 0.155 e. The summed E-state index contributed by atoms with van der Waals surface area (Å²) in [4.78, 5) is 4.25. The van der Waals surface area contributed by atoms with E-state index in [4.69, 9.17) is 0 Å². The molecule has 4 nitrogen and oxygen atoms in total. The molecule has 19 heavy (non-hydrogen) atoms. The lowest BCUT2D eigenvalue weighted by atomic mass is 10.1. The molecule has 0 amide bonds. The van der Waals surface area contributed by atoms with E-state index in [1.165, 1.54) is 38.5 Å². The lowest BCUT2D eigenvalue weighted by molar-refractivity contribution is 0.604. The van der Waals surface area contributed by atoms with Crippen LogP contribution in [-0.2, 0) is 6.42 Å². The van der Waals surface area contributed by atoms with Gasteiger partial charge in [0.1, 0.15) is 0 Å². The molecular weight excluding hydrogens is 236 g/mol. The van der Waals surface area contributed by atoms with Gasteiger partial charge in [-0.15, -0.1) is 5.10 Å². The second-order valence-corrected chi connectivity index (χ2v) is 4.86. The Labute approximate surface area is 114 Å². The van der Waals surface area contributed by atoms with Gasteiger partial charge in [0, 0.05) is 6.20 Å². The van der Waals surface area contributed by atoms with Crippen molar-refractivity contribution in [2.45, 2.75) is 51.9 Å². The Morgan fingerprint density at radius 2 is 1.89 bits per heavy atom. The number of rotatable bonds is 8. The largest absolute Gasteiger partial charge is 0.237 e. The first kappa shape index (κ1) is 13.7. The standard InChI is InChI=1S/C15H22N4/c1-2-3-4-5-6-7-10-14-13-19(18-17-14)15-11-8-9-12-16-15/h8-9,11-13H,2-7,10H2,1H3. The maximum absolute atomic E-state index is 4.25. The molecule has 0 aliphatic heterocycles. The normalized spacial score (nSPS) is 10.8. The predicted octanol–water partition coefficient (Wildman–Crippen LogP) is 3.57. The van der Waals surface area contributed by atoms with E-state index < -0.39 is 0 Å². The van der Waals surface area contributed by atoms with E-state index in [2.05, 4.69) is 22.2 Å².